The van der Waals surface area contributed by atoms with Crippen molar-refractivity contribution in [1.29, 1.82) is 0 Å². The summed E-state index contributed by atoms with van der Waals surface area (Å²) in [7, 11) is 3.01. The van der Waals surface area contributed by atoms with Crippen LogP contribution in [0.1, 0.15) is 18.4 Å². The molecular weight excluding hydrogens is 658 g/mol. The SMILES string of the molecule is COc1ccc2nccc(NC(=O)NC3(NC(=O)Nc4ccnc5ccc(OC)nc45)CCN([C@@H](O)Cc4ccc5c(c4)OCCO5)CC3)c2n1. The fraction of sp³-hybridized carbons (Fsp3) is 0.314. The van der Waals surface area contributed by atoms with Crippen LogP contribution in [0.5, 0.6) is 23.3 Å². The molecule has 7 rings (SSSR count). The lowest BCUT2D eigenvalue weighted by Gasteiger charge is -2.44. The third kappa shape index (κ3) is 7.46. The van der Waals surface area contributed by atoms with Gasteiger partial charge in [-0.25, -0.2) is 19.6 Å². The zero-order valence-electron chi connectivity index (χ0n) is 28.0. The highest BCUT2D eigenvalue weighted by atomic mass is 16.6. The van der Waals surface area contributed by atoms with E-state index in [1.54, 1.807) is 48.8 Å². The summed E-state index contributed by atoms with van der Waals surface area (Å²) >= 11 is 0. The quantitative estimate of drug-likeness (QED) is 0.141. The Morgan fingerprint density at radius 3 is 1.90 bits per heavy atom. The van der Waals surface area contributed by atoms with E-state index in [1.807, 2.05) is 23.1 Å². The van der Waals surface area contributed by atoms with Gasteiger partial charge in [-0.2, -0.15) is 0 Å². The third-order valence-corrected chi connectivity index (χ3v) is 8.83. The van der Waals surface area contributed by atoms with Crippen LogP contribution in [-0.2, 0) is 6.42 Å². The van der Waals surface area contributed by atoms with Gasteiger partial charge in [0.15, 0.2) is 11.5 Å². The van der Waals surface area contributed by atoms with Crippen LogP contribution in [0.15, 0.2) is 67.0 Å². The first-order valence-electron chi connectivity index (χ1n) is 16.4. The predicted octanol–water partition coefficient (Wildman–Crippen LogP) is 3.66. The number of aromatic nitrogens is 4. The standard InChI is InChI=1S/C35H37N9O7/c1-48-28-7-4-22-31(40-28)24(9-13-36-22)38-33(46)42-35(43-34(47)39-25-10-14-37-23-5-8-29(49-2)41-32(23)25)11-15-44(16-12-35)30(45)20-21-3-6-26-27(19-21)51-18-17-50-26/h3-10,13-14,19,30,45H,11-12,15-18,20H2,1-2H3,(H2,36,38,42,46)(H2,37,39,43,47)/t30-/m0/s1. The lowest BCUT2D eigenvalue weighted by molar-refractivity contribution is -0.0254. The molecule has 6 heterocycles. The molecule has 4 amide bonds. The number of fused-ring (bicyclic) bond motifs is 3. The topological polar surface area (TPSA) is 194 Å². The smallest absolute Gasteiger partial charge is 0.321 e. The van der Waals surface area contributed by atoms with Crippen molar-refractivity contribution in [3.05, 3.63) is 72.6 Å². The summed E-state index contributed by atoms with van der Waals surface area (Å²) < 4.78 is 21.9. The molecule has 0 unspecified atom stereocenters. The van der Waals surface area contributed by atoms with Crippen molar-refractivity contribution < 1.29 is 33.6 Å². The molecule has 1 atom stereocenters. The number of methoxy groups -OCH3 is 2. The van der Waals surface area contributed by atoms with E-state index < -0.39 is 24.0 Å². The number of carbonyl (C=O) groups excluding carboxylic acids is 2. The van der Waals surface area contributed by atoms with Gasteiger partial charge in [-0.05, 0) is 42.0 Å². The Morgan fingerprint density at radius 2 is 1.35 bits per heavy atom. The van der Waals surface area contributed by atoms with Crippen LogP contribution >= 0.6 is 0 Å². The molecule has 4 aromatic heterocycles. The number of nitrogens with zero attached hydrogens (tertiary/aromatic N) is 5. The number of carbonyl (C=O) groups is 2. The molecule has 0 aliphatic carbocycles. The van der Waals surface area contributed by atoms with Crippen LogP contribution in [0.25, 0.3) is 22.1 Å². The number of aliphatic hydroxyl groups is 1. The van der Waals surface area contributed by atoms with Crippen molar-refractivity contribution >= 4 is 45.5 Å². The Hall–Kier alpha value is -6.00. The molecule has 264 valence electrons. The fourth-order valence-corrected chi connectivity index (χ4v) is 6.23. The van der Waals surface area contributed by atoms with Crippen molar-refractivity contribution in [2.24, 2.45) is 0 Å². The van der Waals surface area contributed by atoms with Crippen LogP contribution in [-0.4, -0.2) is 94.4 Å². The first kappa shape index (κ1) is 33.5. The average molecular weight is 696 g/mol. The van der Waals surface area contributed by atoms with E-state index in [2.05, 4.69) is 41.2 Å². The molecule has 2 aliphatic heterocycles. The lowest BCUT2D eigenvalue weighted by Crippen LogP contribution is -2.66. The van der Waals surface area contributed by atoms with Crippen LogP contribution in [0.3, 0.4) is 0 Å². The maximum absolute atomic E-state index is 13.7. The highest BCUT2D eigenvalue weighted by Crippen LogP contribution is 2.32. The highest BCUT2D eigenvalue weighted by Gasteiger charge is 2.39. The predicted molar refractivity (Wildman–Crippen MR) is 187 cm³/mol. The second-order valence-electron chi connectivity index (χ2n) is 12.1. The average Bonchev–Trinajstić information content (AvgIpc) is 3.14. The molecule has 0 spiro atoms. The van der Waals surface area contributed by atoms with Crippen molar-refractivity contribution in [2.75, 3.05) is 51.2 Å². The van der Waals surface area contributed by atoms with Crippen molar-refractivity contribution in [2.45, 2.75) is 31.2 Å². The summed E-state index contributed by atoms with van der Waals surface area (Å²) in [6, 6.07) is 14.6. The molecule has 51 heavy (non-hydrogen) atoms. The van der Waals surface area contributed by atoms with Crippen LogP contribution in [0.4, 0.5) is 21.0 Å². The molecule has 0 radical (unpaired) electrons. The Bertz CT molecular complexity index is 1970. The fourth-order valence-electron chi connectivity index (χ4n) is 6.23. The second kappa shape index (κ2) is 14.5. The molecule has 1 saturated heterocycles. The summed E-state index contributed by atoms with van der Waals surface area (Å²) in [5.41, 5.74) is 2.52. The molecule has 0 bridgehead atoms. The number of anilines is 2. The van der Waals surface area contributed by atoms with E-state index in [9.17, 15) is 14.7 Å². The van der Waals surface area contributed by atoms with E-state index >= 15 is 0 Å². The number of ether oxygens (including phenoxy) is 4. The molecule has 0 saturated carbocycles. The number of rotatable bonds is 9. The van der Waals surface area contributed by atoms with Gasteiger partial charge in [-0.15, -0.1) is 0 Å². The van der Waals surface area contributed by atoms with E-state index in [1.165, 1.54) is 14.2 Å². The third-order valence-electron chi connectivity index (χ3n) is 8.83. The summed E-state index contributed by atoms with van der Waals surface area (Å²) in [6.07, 6.45) is 3.22. The molecule has 5 N–H and O–H groups in total. The van der Waals surface area contributed by atoms with Crippen molar-refractivity contribution in [3.63, 3.8) is 0 Å². The van der Waals surface area contributed by atoms with Crippen LogP contribution < -0.4 is 40.2 Å². The summed E-state index contributed by atoms with van der Waals surface area (Å²) in [4.78, 5) is 46.8. The van der Waals surface area contributed by atoms with Crippen molar-refractivity contribution in [1.82, 2.24) is 35.5 Å². The number of benzene rings is 1. The van der Waals surface area contributed by atoms with Crippen LogP contribution in [0, 0.1) is 0 Å². The summed E-state index contributed by atoms with van der Waals surface area (Å²) in [5.74, 6) is 2.07. The van der Waals surface area contributed by atoms with Gasteiger partial charge in [-0.1, -0.05) is 6.07 Å². The Balaban J connectivity index is 1.09. The number of pyridine rings is 4. The number of urea groups is 2. The molecule has 1 fully saturated rings. The number of piperidine rings is 1. The zero-order chi connectivity index (χ0) is 35.4. The number of amides is 4. The maximum Gasteiger partial charge on any atom is 0.321 e. The van der Waals surface area contributed by atoms with E-state index in [0.717, 1.165) is 5.56 Å². The second-order valence-corrected chi connectivity index (χ2v) is 12.1. The van der Waals surface area contributed by atoms with Gasteiger partial charge >= 0.3 is 12.1 Å². The normalized spacial score (nSPS) is 15.8. The van der Waals surface area contributed by atoms with E-state index in [-0.39, 0.29) is 12.8 Å². The minimum atomic E-state index is -1.21. The number of aliphatic hydroxyl groups excluding tert-OH is 1. The van der Waals surface area contributed by atoms with Gasteiger partial charge in [0.25, 0.3) is 0 Å². The molecule has 5 aromatic rings. The van der Waals surface area contributed by atoms with Crippen molar-refractivity contribution in [3.8, 4) is 23.3 Å². The number of hydrogen-bond donors (Lipinski definition) is 5. The summed E-state index contributed by atoms with van der Waals surface area (Å²) in [5, 5.41) is 23.0. The van der Waals surface area contributed by atoms with Gasteiger partial charge in [0.05, 0.1) is 36.6 Å². The van der Waals surface area contributed by atoms with Crippen LogP contribution in [0.2, 0.25) is 0 Å². The van der Waals surface area contributed by atoms with Gasteiger partial charge in [0.1, 0.15) is 36.1 Å². The minimum absolute atomic E-state index is 0.276. The Morgan fingerprint density at radius 1 is 0.804 bits per heavy atom. The first-order valence-corrected chi connectivity index (χ1v) is 16.4. The highest BCUT2D eigenvalue weighted by molar-refractivity contribution is 6.00. The maximum atomic E-state index is 13.7. The van der Waals surface area contributed by atoms with Gasteiger partial charge in [-0.3, -0.25) is 14.9 Å². The molecule has 16 heteroatoms. The molecule has 2 aliphatic rings. The lowest BCUT2D eigenvalue weighted by atomic mass is 9.95. The zero-order valence-corrected chi connectivity index (χ0v) is 28.0. The minimum Gasteiger partial charge on any atom is -0.486 e. The number of nitrogens with one attached hydrogen (secondary N) is 4. The Kier molecular flexibility index (Phi) is 9.50. The van der Waals surface area contributed by atoms with Gasteiger partial charge in [0.2, 0.25) is 11.8 Å². The largest absolute Gasteiger partial charge is 0.486 e. The number of likely N-dealkylation sites (tertiary alicyclic amines) is 1. The molecular formula is C35H37N9O7. The Labute approximate surface area is 292 Å². The molecule has 16 nitrogen and oxygen atoms in total. The first-order chi connectivity index (χ1) is 24.8. The van der Waals surface area contributed by atoms with E-state index in [0.29, 0.717) is 89.4 Å². The van der Waals surface area contributed by atoms with Gasteiger partial charge in [0, 0.05) is 56.9 Å². The monoisotopic (exact) mass is 695 g/mol. The van der Waals surface area contributed by atoms with Gasteiger partial charge < -0.3 is 45.3 Å². The van der Waals surface area contributed by atoms with E-state index in [4.69, 9.17) is 18.9 Å². The molecule has 1 aromatic carbocycles. The summed E-state index contributed by atoms with van der Waals surface area (Å²) in [6.45, 7) is 1.69. The number of hydrogen-bond acceptors (Lipinski definition) is 12.